The van der Waals surface area contributed by atoms with Gasteiger partial charge in [0.25, 0.3) is 0 Å². The van der Waals surface area contributed by atoms with Gasteiger partial charge >= 0.3 is 11.6 Å². The van der Waals surface area contributed by atoms with Gasteiger partial charge in [-0.25, -0.2) is 4.79 Å². The molecule has 162 valence electrons. The summed E-state index contributed by atoms with van der Waals surface area (Å²) in [5.41, 5.74) is 1.80. The molecule has 1 aromatic carbocycles. The highest BCUT2D eigenvalue weighted by atomic mass is 16.6. The first-order valence-electron chi connectivity index (χ1n) is 9.75. The molecular formula is C23H28O7. The number of benzene rings is 1. The van der Waals surface area contributed by atoms with Crippen LogP contribution in [-0.4, -0.2) is 30.9 Å². The fraction of sp³-hybridized carbons (Fsp3) is 0.391. The summed E-state index contributed by atoms with van der Waals surface area (Å²) in [6.45, 7) is 7.84. The molecule has 0 bridgehead atoms. The van der Waals surface area contributed by atoms with Crippen LogP contribution in [0.3, 0.4) is 0 Å². The van der Waals surface area contributed by atoms with E-state index < -0.39 is 11.6 Å². The molecule has 0 atom stereocenters. The topological polar surface area (TPSA) is 95.2 Å². The molecular weight excluding hydrogens is 388 g/mol. The standard InChI is InChI=1S/C23H28O7/c1-15(2)6-5-7-16(3)10-11-29-22-21(25)19-9-8-18(14-20(19)30-23(22)26)28-13-12-27-17(4)24/h6,8-10,14,25H,5,7,11-13H2,1-4H3. The van der Waals surface area contributed by atoms with Crippen LogP contribution in [0.1, 0.15) is 40.5 Å². The highest BCUT2D eigenvalue weighted by Gasteiger charge is 2.16. The zero-order valence-corrected chi connectivity index (χ0v) is 17.8. The van der Waals surface area contributed by atoms with Gasteiger partial charge in [-0.3, -0.25) is 4.79 Å². The number of ether oxygens (including phenoxy) is 3. The van der Waals surface area contributed by atoms with Crippen LogP contribution >= 0.6 is 0 Å². The van der Waals surface area contributed by atoms with Crippen molar-refractivity contribution in [3.05, 3.63) is 51.9 Å². The summed E-state index contributed by atoms with van der Waals surface area (Å²) in [7, 11) is 0. The highest BCUT2D eigenvalue weighted by Crippen LogP contribution is 2.33. The molecule has 0 aliphatic heterocycles. The molecule has 1 heterocycles. The van der Waals surface area contributed by atoms with E-state index in [4.69, 9.17) is 18.6 Å². The van der Waals surface area contributed by atoms with Crippen LogP contribution in [0.2, 0.25) is 0 Å². The molecule has 30 heavy (non-hydrogen) atoms. The molecule has 0 fully saturated rings. The lowest BCUT2D eigenvalue weighted by Crippen LogP contribution is -2.10. The van der Waals surface area contributed by atoms with Gasteiger partial charge in [0.2, 0.25) is 5.75 Å². The van der Waals surface area contributed by atoms with Crippen molar-refractivity contribution in [2.45, 2.75) is 40.5 Å². The second kappa shape index (κ2) is 11.1. The number of fused-ring (bicyclic) bond motifs is 1. The number of hydrogen-bond acceptors (Lipinski definition) is 7. The molecule has 7 nitrogen and oxygen atoms in total. The minimum absolute atomic E-state index is 0.108. The fourth-order valence-electron chi connectivity index (χ4n) is 2.67. The van der Waals surface area contributed by atoms with Crippen LogP contribution in [0.5, 0.6) is 17.2 Å². The van der Waals surface area contributed by atoms with Gasteiger partial charge in [0.1, 0.15) is 31.2 Å². The number of esters is 1. The van der Waals surface area contributed by atoms with Crippen LogP contribution < -0.4 is 15.1 Å². The molecule has 1 aromatic heterocycles. The first kappa shape index (κ1) is 23.1. The third-order valence-corrected chi connectivity index (χ3v) is 4.22. The lowest BCUT2D eigenvalue weighted by atomic mass is 10.1. The van der Waals surface area contributed by atoms with E-state index in [1.807, 2.05) is 13.0 Å². The van der Waals surface area contributed by atoms with Gasteiger partial charge in [0.15, 0.2) is 5.75 Å². The van der Waals surface area contributed by atoms with Crippen LogP contribution in [0.25, 0.3) is 11.0 Å². The Morgan fingerprint density at radius 1 is 1.10 bits per heavy atom. The van der Waals surface area contributed by atoms with Crippen molar-refractivity contribution in [2.24, 2.45) is 0 Å². The number of allylic oxidation sites excluding steroid dienone is 3. The Kier molecular flexibility index (Phi) is 8.53. The van der Waals surface area contributed by atoms with E-state index in [2.05, 4.69) is 19.9 Å². The molecule has 0 aliphatic rings. The second-order valence-corrected chi connectivity index (χ2v) is 7.10. The highest BCUT2D eigenvalue weighted by molar-refractivity contribution is 5.86. The third-order valence-electron chi connectivity index (χ3n) is 4.22. The second-order valence-electron chi connectivity index (χ2n) is 7.10. The Morgan fingerprint density at radius 2 is 1.87 bits per heavy atom. The normalized spacial score (nSPS) is 11.3. The van der Waals surface area contributed by atoms with Crippen molar-refractivity contribution in [2.75, 3.05) is 19.8 Å². The van der Waals surface area contributed by atoms with E-state index >= 15 is 0 Å². The molecule has 0 radical (unpaired) electrons. The number of aromatic hydroxyl groups is 1. The van der Waals surface area contributed by atoms with E-state index in [9.17, 15) is 14.7 Å². The van der Waals surface area contributed by atoms with Crippen molar-refractivity contribution in [3.8, 4) is 17.2 Å². The fourth-order valence-corrected chi connectivity index (χ4v) is 2.67. The molecule has 0 amide bonds. The monoisotopic (exact) mass is 416 g/mol. The maximum absolute atomic E-state index is 12.2. The molecule has 0 aliphatic carbocycles. The minimum Gasteiger partial charge on any atom is -0.504 e. The smallest absolute Gasteiger partial charge is 0.383 e. The maximum atomic E-state index is 12.2. The summed E-state index contributed by atoms with van der Waals surface area (Å²) in [5.74, 6) is -0.470. The molecule has 7 heteroatoms. The van der Waals surface area contributed by atoms with Gasteiger partial charge < -0.3 is 23.7 Å². The zero-order chi connectivity index (χ0) is 22.1. The van der Waals surface area contributed by atoms with Gasteiger partial charge in [-0.05, 0) is 51.8 Å². The Morgan fingerprint density at radius 3 is 2.57 bits per heavy atom. The third kappa shape index (κ3) is 6.99. The summed E-state index contributed by atoms with van der Waals surface area (Å²) >= 11 is 0. The van der Waals surface area contributed by atoms with Crippen LogP contribution in [0.4, 0.5) is 0 Å². The minimum atomic E-state index is -0.771. The Bertz CT molecular complexity index is 995. The molecule has 0 spiro atoms. The average molecular weight is 416 g/mol. The first-order valence-corrected chi connectivity index (χ1v) is 9.75. The van der Waals surface area contributed by atoms with Gasteiger partial charge in [-0.1, -0.05) is 17.2 Å². The van der Waals surface area contributed by atoms with Crippen molar-refractivity contribution >= 4 is 16.9 Å². The quantitative estimate of drug-likeness (QED) is 0.263. The summed E-state index contributed by atoms with van der Waals surface area (Å²) in [6, 6.07) is 4.68. The van der Waals surface area contributed by atoms with Crippen LogP contribution in [0, 0.1) is 0 Å². The SMILES string of the molecule is CC(=O)OCCOc1ccc2c(O)c(OCC=C(C)CCC=C(C)C)c(=O)oc2c1. The maximum Gasteiger partial charge on any atom is 0.383 e. The summed E-state index contributed by atoms with van der Waals surface area (Å²) < 4.78 is 21.0. The molecule has 1 N–H and O–H groups in total. The van der Waals surface area contributed by atoms with Crippen molar-refractivity contribution in [1.82, 2.24) is 0 Å². The lowest BCUT2D eigenvalue weighted by molar-refractivity contribution is -0.141. The predicted octanol–water partition coefficient (Wildman–Crippen LogP) is 4.51. The van der Waals surface area contributed by atoms with Crippen molar-refractivity contribution in [1.29, 1.82) is 0 Å². The van der Waals surface area contributed by atoms with Gasteiger partial charge in [-0.2, -0.15) is 0 Å². The lowest BCUT2D eigenvalue weighted by Gasteiger charge is -2.10. The van der Waals surface area contributed by atoms with E-state index in [0.717, 1.165) is 18.4 Å². The van der Waals surface area contributed by atoms with Crippen molar-refractivity contribution < 1.29 is 28.5 Å². The predicted molar refractivity (Wildman–Crippen MR) is 114 cm³/mol. The van der Waals surface area contributed by atoms with Crippen LogP contribution in [0.15, 0.2) is 50.7 Å². The Labute approximate surface area is 175 Å². The largest absolute Gasteiger partial charge is 0.504 e. The molecule has 0 unspecified atom stereocenters. The summed E-state index contributed by atoms with van der Waals surface area (Å²) in [6.07, 6.45) is 5.88. The van der Waals surface area contributed by atoms with Crippen LogP contribution in [-0.2, 0) is 9.53 Å². The number of hydrogen-bond donors (Lipinski definition) is 1. The number of carbonyl (C=O) groups excluding carboxylic acids is 1. The van der Waals surface area contributed by atoms with Gasteiger partial charge in [0, 0.05) is 13.0 Å². The van der Waals surface area contributed by atoms with E-state index in [1.54, 1.807) is 12.1 Å². The van der Waals surface area contributed by atoms with Crippen molar-refractivity contribution in [3.63, 3.8) is 0 Å². The summed E-state index contributed by atoms with van der Waals surface area (Å²) in [4.78, 5) is 23.0. The zero-order valence-electron chi connectivity index (χ0n) is 17.8. The van der Waals surface area contributed by atoms with Gasteiger partial charge in [0.05, 0.1) is 5.39 Å². The average Bonchev–Trinajstić information content (AvgIpc) is 2.67. The Hall–Kier alpha value is -3.22. The molecule has 0 saturated carbocycles. The summed E-state index contributed by atoms with van der Waals surface area (Å²) in [5, 5.41) is 10.8. The van der Waals surface area contributed by atoms with E-state index in [-0.39, 0.29) is 36.9 Å². The Balaban J connectivity index is 2.06. The van der Waals surface area contributed by atoms with E-state index in [1.165, 1.54) is 18.6 Å². The molecule has 2 rings (SSSR count). The van der Waals surface area contributed by atoms with Gasteiger partial charge in [-0.15, -0.1) is 0 Å². The number of rotatable bonds is 10. The molecule has 2 aromatic rings. The number of carbonyl (C=O) groups is 1. The molecule has 0 saturated heterocycles. The first-order chi connectivity index (χ1) is 14.3. The van der Waals surface area contributed by atoms with E-state index in [0.29, 0.717) is 11.1 Å².